The molecule has 94 valence electrons. The summed E-state index contributed by atoms with van der Waals surface area (Å²) in [4.78, 5) is 0. The van der Waals surface area contributed by atoms with Crippen LogP contribution < -0.4 is 11.1 Å². The van der Waals surface area contributed by atoms with E-state index < -0.39 is 0 Å². The molecule has 17 heavy (non-hydrogen) atoms. The molecule has 2 heteroatoms. The molecule has 0 saturated heterocycles. The first-order valence-electron chi connectivity index (χ1n) is 6.83. The van der Waals surface area contributed by atoms with Crippen LogP contribution in [0.3, 0.4) is 0 Å². The summed E-state index contributed by atoms with van der Waals surface area (Å²) in [5.74, 6) is 1.36. The predicted molar refractivity (Wildman–Crippen MR) is 74.4 cm³/mol. The quantitative estimate of drug-likeness (QED) is 0.835. The van der Waals surface area contributed by atoms with Crippen molar-refractivity contribution in [2.75, 3.05) is 18.9 Å². The van der Waals surface area contributed by atoms with E-state index >= 15 is 0 Å². The van der Waals surface area contributed by atoms with Crippen LogP contribution in [0.15, 0.2) is 24.3 Å². The summed E-state index contributed by atoms with van der Waals surface area (Å²) in [6, 6.07) is 8.78. The van der Waals surface area contributed by atoms with Crippen LogP contribution in [0.1, 0.15) is 43.6 Å². The molecule has 1 atom stereocenters. The Morgan fingerprint density at radius 1 is 1.18 bits per heavy atom. The third-order valence-corrected chi connectivity index (χ3v) is 4.10. The summed E-state index contributed by atoms with van der Waals surface area (Å²) in [7, 11) is 1.95. The first kappa shape index (κ1) is 12.4. The van der Waals surface area contributed by atoms with Gasteiger partial charge in [0.05, 0.1) is 0 Å². The molecule has 3 N–H and O–H groups in total. The Bertz CT molecular complexity index is 325. The summed E-state index contributed by atoms with van der Waals surface area (Å²) >= 11 is 0. The second-order valence-electron chi connectivity index (χ2n) is 5.11. The Balaban J connectivity index is 2.10. The summed E-state index contributed by atoms with van der Waals surface area (Å²) < 4.78 is 0. The lowest BCUT2D eigenvalue weighted by Gasteiger charge is -2.29. The van der Waals surface area contributed by atoms with E-state index in [1.807, 2.05) is 7.05 Å². The van der Waals surface area contributed by atoms with Gasteiger partial charge in [-0.1, -0.05) is 31.4 Å². The van der Waals surface area contributed by atoms with Crippen molar-refractivity contribution >= 4 is 5.69 Å². The van der Waals surface area contributed by atoms with E-state index in [-0.39, 0.29) is 0 Å². The van der Waals surface area contributed by atoms with Crippen LogP contribution in [-0.4, -0.2) is 13.6 Å². The maximum absolute atomic E-state index is 5.99. The minimum atomic E-state index is 0.557. The lowest BCUT2D eigenvalue weighted by Crippen LogP contribution is -2.23. The van der Waals surface area contributed by atoms with Crippen molar-refractivity contribution < 1.29 is 0 Å². The average molecular weight is 232 g/mol. The predicted octanol–water partition coefficient (Wildman–Crippen LogP) is 3.35. The standard InChI is InChI=1S/C15H24N2/c1-17-14-9-7-13(8-10-14)15(11-16)12-5-3-2-4-6-12/h7-10,12,15,17H,2-6,11,16H2,1H3. The molecule has 0 aromatic heterocycles. The van der Waals surface area contributed by atoms with Crippen LogP contribution in [0.4, 0.5) is 5.69 Å². The van der Waals surface area contributed by atoms with Gasteiger partial charge >= 0.3 is 0 Å². The molecule has 0 bridgehead atoms. The molecule has 1 aromatic carbocycles. The molecule has 2 rings (SSSR count). The summed E-state index contributed by atoms with van der Waals surface area (Å²) in [5, 5.41) is 3.16. The van der Waals surface area contributed by atoms with Gasteiger partial charge in [-0.3, -0.25) is 0 Å². The number of benzene rings is 1. The highest BCUT2D eigenvalue weighted by molar-refractivity contribution is 5.44. The minimum absolute atomic E-state index is 0.557. The van der Waals surface area contributed by atoms with Gasteiger partial charge in [0.25, 0.3) is 0 Å². The zero-order valence-electron chi connectivity index (χ0n) is 10.8. The van der Waals surface area contributed by atoms with E-state index in [4.69, 9.17) is 5.73 Å². The van der Waals surface area contributed by atoms with E-state index in [1.54, 1.807) is 0 Å². The largest absolute Gasteiger partial charge is 0.388 e. The second-order valence-corrected chi connectivity index (χ2v) is 5.11. The summed E-state index contributed by atoms with van der Waals surface area (Å²) in [5.41, 5.74) is 8.58. The fourth-order valence-electron chi connectivity index (χ4n) is 3.03. The molecule has 1 saturated carbocycles. The molecule has 1 aromatic rings. The van der Waals surface area contributed by atoms with Gasteiger partial charge in [0, 0.05) is 12.7 Å². The van der Waals surface area contributed by atoms with Gasteiger partial charge in [0.2, 0.25) is 0 Å². The molecule has 2 nitrogen and oxygen atoms in total. The van der Waals surface area contributed by atoms with Crippen LogP contribution in [0, 0.1) is 5.92 Å². The third kappa shape index (κ3) is 3.01. The van der Waals surface area contributed by atoms with E-state index in [9.17, 15) is 0 Å². The maximum Gasteiger partial charge on any atom is 0.0337 e. The van der Waals surface area contributed by atoms with E-state index in [0.717, 1.165) is 12.5 Å². The molecule has 0 spiro atoms. The number of nitrogens with one attached hydrogen (secondary N) is 1. The molecular formula is C15H24N2. The lowest BCUT2D eigenvalue weighted by molar-refractivity contribution is 0.307. The van der Waals surface area contributed by atoms with E-state index in [1.165, 1.54) is 43.4 Å². The molecule has 1 aliphatic rings. The van der Waals surface area contributed by atoms with Crippen LogP contribution >= 0.6 is 0 Å². The van der Waals surface area contributed by atoms with Crippen LogP contribution in [0.5, 0.6) is 0 Å². The molecule has 1 unspecified atom stereocenters. The van der Waals surface area contributed by atoms with Gasteiger partial charge < -0.3 is 11.1 Å². The Morgan fingerprint density at radius 2 is 1.82 bits per heavy atom. The van der Waals surface area contributed by atoms with Crippen LogP contribution in [0.2, 0.25) is 0 Å². The fourth-order valence-corrected chi connectivity index (χ4v) is 3.03. The van der Waals surface area contributed by atoms with Crippen molar-refractivity contribution in [2.24, 2.45) is 11.7 Å². The Kier molecular flexibility index (Phi) is 4.43. The highest BCUT2D eigenvalue weighted by atomic mass is 14.8. The minimum Gasteiger partial charge on any atom is -0.388 e. The molecular weight excluding hydrogens is 208 g/mol. The first-order valence-corrected chi connectivity index (χ1v) is 6.83. The number of hydrogen-bond donors (Lipinski definition) is 2. The van der Waals surface area contributed by atoms with Gasteiger partial charge in [0.15, 0.2) is 0 Å². The van der Waals surface area contributed by atoms with E-state index in [2.05, 4.69) is 29.6 Å². The molecule has 0 aliphatic heterocycles. The SMILES string of the molecule is CNc1ccc(C(CN)C2CCCCC2)cc1. The van der Waals surface area contributed by atoms with Crippen LogP contribution in [-0.2, 0) is 0 Å². The Hall–Kier alpha value is -1.02. The third-order valence-electron chi connectivity index (χ3n) is 4.10. The highest BCUT2D eigenvalue weighted by Gasteiger charge is 2.23. The van der Waals surface area contributed by atoms with Crippen LogP contribution in [0.25, 0.3) is 0 Å². The second kappa shape index (κ2) is 6.06. The van der Waals surface area contributed by atoms with Crippen molar-refractivity contribution in [2.45, 2.75) is 38.0 Å². The fraction of sp³-hybridized carbons (Fsp3) is 0.600. The molecule has 0 radical (unpaired) electrons. The van der Waals surface area contributed by atoms with Crippen molar-refractivity contribution in [1.29, 1.82) is 0 Å². The Labute approximate surface area is 105 Å². The smallest absolute Gasteiger partial charge is 0.0337 e. The van der Waals surface area contributed by atoms with Crippen molar-refractivity contribution in [3.63, 3.8) is 0 Å². The first-order chi connectivity index (χ1) is 8.35. The molecule has 0 amide bonds. The number of hydrogen-bond acceptors (Lipinski definition) is 2. The number of anilines is 1. The van der Waals surface area contributed by atoms with Gasteiger partial charge in [-0.05, 0) is 48.9 Å². The maximum atomic E-state index is 5.99. The number of rotatable bonds is 4. The normalized spacial score (nSPS) is 18.9. The van der Waals surface area contributed by atoms with Gasteiger partial charge in [-0.25, -0.2) is 0 Å². The monoisotopic (exact) mass is 232 g/mol. The summed E-state index contributed by atoms with van der Waals surface area (Å²) in [6.07, 6.45) is 6.89. The molecule has 1 fully saturated rings. The molecule has 0 heterocycles. The summed E-state index contributed by atoms with van der Waals surface area (Å²) in [6.45, 7) is 0.781. The van der Waals surface area contributed by atoms with E-state index in [0.29, 0.717) is 5.92 Å². The molecule has 1 aliphatic carbocycles. The van der Waals surface area contributed by atoms with Gasteiger partial charge in [0.1, 0.15) is 0 Å². The zero-order chi connectivity index (χ0) is 12.1. The van der Waals surface area contributed by atoms with Crippen molar-refractivity contribution in [3.8, 4) is 0 Å². The van der Waals surface area contributed by atoms with Crippen molar-refractivity contribution in [1.82, 2.24) is 0 Å². The van der Waals surface area contributed by atoms with Crippen molar-refractivity contribution in [3.05, 3.63) is 29.8 Å². The average Bonchev–Trinajstić information content (AvgIpc) is 2.42. The topological polar surface area (TPSA) is 38.0 Å². The van der Waals surface area contributed by atoms with Gasteiger partial charge in [-0.2, -0.15) is 0 Å². The lowest BCUT2D eigenvalue weighted by atomic mass is 9.77. The zero-order valence-corrected chi connectivity index (χ0v) is 10.8. The Morgan fingerprint density at radius 3 is 2.35 bits per heavy atom. The number of nitrogens with two attached hydrogens (primary N) is 1. The highest BCUT2D eigenvalue weighted by Crippen LogP contribution is 2.35. The van der Waals surface area contributed by atoms with Gasteiger partial charge in [-0.15, -0.1) is 0 Å².